The standard InChI is InChI=1S/C18H18N8O/c1-11-19-21-15-7-8-16(23-26(11)15)25-9-12(10-25)24(2)18(27)17-13-5-3-4-6-14(13)20-22-17/h3-8,12H,9-10H2,1-2H3,(H,20,22). The number of aromatic amines is 1. The number of benzene rings is 1. The highest BCUT2D eigenvalue weighted by atomic mass is 16.2. The van der Waals surface area contributed by atoms with E-state index in [0.29, 0.717) is 5.69 Å². The second-order valence-electron chi connectivity index (χ2n) is 6.80. The Morgan fingerprint density at radius 2 is 2.00 bits per heavy atom. The van der Waals surface area contributed by atoms with Crippen LogP contribution >= 0.6 is 0 Å². The number of aromatic nitrogens is 6. The zero-order valence-corrected chi connectivity index (χ0v) is 15.0. The monoisotopic (exact) mass is 362 g/mol. The van der Waals surface area contributed by atoms with Crippen LogP contribution in [0.3, 0.4) is 0 Å². The quantitative estimate of drug-likeness (QED) is 0.590. The molecule has 0 aliphatic carbocycles. The Balaban J connectivity index is 1.32. The summed E-state index contributed by atoms with van der Waals surface area (Å²) >= 11 is 0. The summed E-state index contributed by atoms with van der Waals surface area (Å²) in [6.07, 6.45) is 0. The molecule has 0 atom stereocenters. The molecule has 27 heavy (non-hydrogen) atoms. The maximum atomic E-state index is 12.9. The van der Waals surface area contributed by atoms with Crippen molar-refractivity contribution in [3.8, 4) is 0 Å². The highest BCUT2D eigenvalue weighted by Gasteiger charge is 2.35. The highest BCUT2D eigenvalue weighted by Crippen LogP contribution is 2.24. The lowest BCUT2D eigenvalue weighted by Gasteiger charge is -2.44. The zero-order valence-electron chi connectivity index (χ0n) is 15.0. The SMILES string of the molecule is Cc1nnc2ccc(N3CC(N(C)C(=O)c4n[nH]c5ccccc45)C3)nn12. The Morgan fingerprint density at radius 1 is 1.19 bits per heavy atom. The largest absolute Gasteiger partial charge is 0.351 e. The van der Waals surface area contributed by atoms with Gasteiger partial charge in [0, 0.05) is 25.5 Å². The molecule has 9 heteroatoms. The maximum Gasteiger partial charge on any atom is 0.275 e. The molecule has 1 amide bonds. The summed E-state index contributed by atoms with van der Waals surface area (Å²) in [5.41, 5.74) is 2.06. The molecule has 1 aliphatic heterocycles. The van der Waals surface area contributed by atoms with Crippen LogP contribution in [0.4, 0.5) is 5.82 Å². The third-order valence-electron chi connectivity index (χ3n) is 5.13. The van der Waals surface area contributed by atoms with Crippen LogP contribution in [0.2, 0.25) is 0 Å². The van der Waals surface area contributed by atoms with Gasteiger partial charge in [0.2, 0.25) is 0 Å². The topological polar surface area (TPSA) is 95.3 Å². The number of nitrogens with one attached hydrogen (secondary N) is 1. The van der Waals surface area contributed by atoms with Crippen LogP contribution in [0.15, 0.2) is 36.4 Å². The summed E-state index contributed by atoms with van der Waals surface area (Å²) in [6.45, 7) is 3.32. The minimum absolute atomic E-state index is 0.0739. The van der Waals surface area contributed by atoms with Crippen molar-refractivity contribution in [2.75, 3.05) is 25.0 Å². The van der Waals surface area contributed by atoms with Gasteiger partial charge in [-0.15, -0.1) is 15.3 Å². The van der Waals surface area contributed by atoms with E-state index in [0.717, 1.165) is 41.3 Å². The molecule has 0 radical (unpaired) electrons. The van der Waals surface area contributed by atoms with Gasteiger partial charge in [-0.2, -0.15) is 9.61 Å². The van der Waals surface area contributed by atoms with E-state index in [9.17, 15) is 4.79 Å². The molecule has 136 valence electrons. The van der Waals surface area contributed by atoms with Crippen LogP contribution in [0.25, 0.3) is 16.6 Å². The molecule has 3 aromatic heterocycles. The number of aryl methyl sites for hydroxylation is 1. The zero-order chi connectivity index (χ0) is 18.5. The first-order valence-electron chi connectivity index (χ1n) is 8.76. The number of amides is 1. The molecule has 9 nitrogen and oxygen atoms in total. The van der Waals surface area contributed by atoms with Crippen molar-refractivity contribution in [1.82, 2.24) is 34.9 Å². The van der Waals surface area contributed by atoms with E-state index in [-0.39, 0.29) is 11.9 Å². The van der Waals surface area contributed by atoms with Crippen molar-refractivity contribution in [3.63, 3.8) is 0 Å². The Hall–Kier alpha value is -3.49. The fraction of sp³-hybridized carbons (Fsp3) is 0.278. The van der Waals surface area contributed by atoms with Gasteiger partial charge >= 0.3 is 0 Å². The average molecular weight is 362 g/mol. The maximum absolute atomic E-state index is 12.9. The van der Waals surface area contributed by atoms with E-state index in [2.05, 4.69) is 30.4 Å². The first kappa shape index (κ1) is 15.7. The third kappa shape index (κ3) is 2.42. The van der Waals surface area contributed by atoms with Gasteiger partial charge < -0.3 is 9.80 Å². The second-order valence-corrected chi connectivity index (χ2v) is 6.80. The molecule has 0 spiro atoms. The fourth-order valence-electron chi connectivity index (χ4n) is 3.40. The Morgan fingerprint density at radius 3 is 2.85 bits per heavy atom. The number of carbonyl (C=O) groups excluding carboxylic acids is 1. The van der Waals surface area contributed by atoms with Gasteiger partial charge in [-0.3, -0.25) is 9.89 Å². The number of hydrogen-bond acceptors (Lipinski definition) is 6. The van der Waals surface area contributed by atoms with E-state index in [1.54, 1.807) is 9.42 Å². The third-order valence-corrected chi connectivity index (χ3v) is 5.13. The number of likely N-dealkylation sites (N-methyl/N-ethyl adjacent to an activating group) is 1. The lowest BCUT2D eigenvalue weighted by Crippen LogP contribution is -2.60. The molecule has 0 saturated carbocycles. The molecule has 1 aliphatic rings. The lowest BCUT2D eigenvalue weighted by molar-refractivity contribution is 0.0701. The fourth-order valence-corrected chi connectivity index (χ4v) is 3.40. The predicted molar refractivity (Wildman–Crippen MR) is 99.7 cm³/mol. The van der Waals surface area contributed by atoms with Crippen molar-refractivity contribution in [2.45, 2.75) is 13.0 Å². The molecular formula is C18H18N8O. The summed E-state index contributed by atoms with van der Waals surface area (Å²) in [5, 5.41) is 20.6. The number of H-pyrrole nitrogens is 1. The molecule has 5 rings (SSSR count). The van der Waals surface area contributed by atoms with Crippen LogP contribution in [0, 0.1) is 6.92 Å². The molecule has 4 aromatic rings. The van der Waals surface area contributed by atoms with E-state index >= 15 is 0 Å². The first-order chi connectivity index (χ1) is 13.1. The van der Waals surface area contributed by atoms with Crippen molar-refractivity contribution in [2.24, 2.45) is 0 Å². The molecule has 4 heterocycles. The molecule has 1 fully saturated rings. The van der Waals surface area contributed by atoms with E-state index in [1.807, 2.05) is 50.4 Å². The number of anilines is 1. The smallest absolute Gasteiger partial charge is 0.275 e. The van der Waals surface area contributed by atoms with Crippen molar-refractivity contribution in [1.29, 1.82) is 0 Å². The van der Waals surface area contributed by atoms with Crippen LogP contribution < -0.4 is 4.90 Å². The molecule has 0 bridgehead atoms. The number of fused-ring (bicyclic) bond motifs is 2. The summed E-state index contributed by atoms with van der Waals surface area (Å²) in [5.74, 6) is 1.53. The van der Waals surface area contributed by atoms with Gasteiger partial charge in [-0.1, -0.05) is 18.2 Å². The second kappa shape index (κ2) is 5.76. The highest BCUT2D eigenvalue weighted by molar-refractivity contribution is 6.04. The number of hydrogen-bond donors (Lipinski definition) is 1. The van der Waals surface area contributed by atoms with Gasteiger partial charge in [0.15, 0.2) is 17.2 Å². The van der Waals surface area contributed by atoms with Gasteiger partial charge in [-0.05, 0) is 25.1 Å². The Kier molecular flexibility index (Phi) is 3.36. The number of carbonyl (C=O) groups is 1. The predicted octanol–water partition coefficient (Wildman–Crippen LogP) is 1.27. The first-order valence-corrected chi connectivity index (χ1v) is 8.76. The minimum Gasteiger partial charge on any atom is -0.351 e. The van der Waals surface area contributed by atoms with Crippen LogP contribution in [0.1, 0.15) is 16.3 Å². The summed E-state index contributed by atoms with van der Waals surface area (Å²) < 4.78 is 1.73. The average Bonchev–Trinajstić information content (AvgIpc) is 3.24. The van der Waals surface area contributed by atoms with Crippen molar-refractivity contribution >= 4 is 28.3 Å². The van der Waals surface area contributed by atoms with E-state index in [4.69, 9.17) is 0 Å². The Bertz CT molecular complexity index is 1160. The molecule has 1 aromatic carbocycles. The number of rotatable bonds is 3. The molecule has 0 unspecified atom stereocenters. The van der Waals surface area contributed by atoms with E-state index < -0.39 is 0 Å². The summed E-state index contributed by atoms with van der Waals surface area (Å²) in [7, 11) is 1.83. The Labute approximate surface area is 154 Å². The van der Waals surface area contributed by atoms with E-state index in [1.165, 1.54) is 0 Å². The van der Waals surface area contributed by atoms with Crippen molar-refractivity contribution < 1.29 is 4.79 Å². The van der Waals surface area contributed by atoms with Gasteiger partial charge in [-0.25, -0.2) is 0 Å². The molecular weight excluding hydrogens is 344 g/mol. The van der Waals surface area contributed by atoms with Crippen LogP contribution in [-0.4, -0.2) is 67.0 Å². The van der Waals surface area contributed by atoms with Gasteiger partial charge in [0.05, 0.1) is 11.6 Å². The molecule has 1 saturated heterocycles. The van der Waals surface area contributed by atoms with Gasteiger partial charge in [0.1, 0.15) is 5.82 Å². The van der Waals surface area contributed by atoms with Crippen LogP contribution in [0.5, 0.6) is 0 Å². The summed E-state index contributed by atoms with van der Waals surface area (Å²) in [6, 6.07) is 11.6. The minimum atomic E-state index is -0.0739. The number of nitrogens with zero attached hydrogens (tertiary/aromatic N) is 7. The van der Waals surface area contributed by atoms with Crippen LogP contribution in [-0.2, 0) is 0 Å². The van der Waals surface area contributed by atoms with Crippen molar-refractivity contribution in [3.05, 3.63) is 47.9 Å². The lowest BCUT2D eigenvalue weighted by atomic mass is 10.1. The summed E-state index contributed by atoms with van der Waals surface area (Å²) in [4.78, 5) is 16.8. The van der Waals surface area contributed by atoms with Gasteiger partial charge in [0.25, 0.3) is 5.91 Å². The number of para-hydroxylation sites is 1. The molecule has 1 N–H and O–H groups in total. The normalized spacial score (nSPS) is 14.7.